The molecule has 2 rings (SSSR count). The van der Waals surface area contributed by atoms with Crippen molar-refractivity contribution in [2.24, 2.45) is 5.73 Å². The smallest absolute Gasteiger partial charge is 0.165 e. The highest BCUT2D eigenvalue weighted by atomic mass is 79.9. The number of fused-ring (bicyclic) bond motifs is 1. The average Bonchev–Trinajstić information content (AvgIpc) is 2.12. The standard InChI is InChI=1S/C9H9BrFNO/c10-5-1-2-6(11)9-8(5)7(12)3-4-13-9/h1-2,7H,3-4,12H2. The summed E-state index contributed by atoms with van der Waals surface area (Å²) in [7, 11) is 0. The lowest BCUT2D eigenvalue weighted by atomic mass is 10.0. The van der Waals surface area contributed by atoms with Crippen molar-refractivity contribution in [2.45, 2.75) is 12.5 Å². The second-order valence-corrected chi connectivity index (χ2v) is 3.87. The van der Waals surface area contributed by atoms with Crippen molar-refractivity contribution in [3.8, 4) is 5.75 Å². The van der Waals surface area contributed by atoms with E-state index in [1.165, 1.54) is 6.07 Å². The first-order valence-electron chi connectivity index (χ1n) is 4.06. The van der Waals surface area contributed by atoms with Gasteiger partial charge in [0.2, 0.25) is 0 Å². The Balaban J connectivity index is 2.60. The molecule has 2 N–H and O–H groups in total. The highest BCUT2D eigenvalue weighted by molar-refractivity contribution is 9.10. The lowest BCUT2D eigenvalue weighted by Crippen LogP contribution is -2.21. The minimum atomic E-state index is -0.339. The van der Waals surface area contributed by atoms with E-state index >= 15 is 0 Å². The Kier molecular flexibility index (Phi) is 2.26. The van der Waals surface area contributed by atoms with Crippen molar-refractivity contribution in [1.82, 2.24) is 0 Å². The van der Waals surface area contributed by atoms with E-state index in [0.29, 0.717) is 12.4 Å². The van der Waals surface area contributed by atoms with Crippen LogP contribution < -0.4 is 10.5 Å². The lowest BCUT2D eigenvalue weighted by Gasteiger charge is -2.24. The number of ether oxygens (including phenoxy) is 1. The summed E-state index contributed by atoms with van der Waals surface area (Å²) in [6.07, 6.45) is 0.731. The zero-order chi connectivity index (χ0) is 9.42. The third-order valence-corrected chi connectivity index (χ3v) is 2.83. The van der Waals surface area contributed by atoms with Gasteiger partial charge in [-0.2, -0.15) is 0 Å². The summed E-state index contributed by atoms with van der Waals surface area (Å²) < 4.78 is 19.3. The first-order valence-corrected chi connectivity index (χ1v) is 4.85. The molecule has 0 saturated heterocycles. The summed E-state index contributed by atoms with van der Waals surface area (Å²) in [6.45, 7) is 0.488. The monoisotopic (exact) mass is 245 g/mol. The predicted molar refractivity (Wildman–Crippen MR) is 51.1 cm³/mol. The van der Waals surface area contributed by atoms with Crippen LogP contribution in [0.25, 0.3) is 0 Å². The van der Waals surface area contributed by atoms with Crippen LogP contribution in [0.5, 0.6) is 5.75 Å². The first kappa shape index (κ1) is 8.97. The summed E-state index contributed by atoms with van der Waals surface area (Å²) in [5.41, 5.74) is 6.58. The first-order chi connectivity index (χ1) is 6.20. The number of halogens is 2. The summed E-state index contributed by atoms with van der Waals surface area (Å²) in [4.78, 5) is 0. The molecule has 0 amide bonds. The molecule has 0 aromatic heterocycles. The van der Waals surface area contributed by atoms with Crippen LogP contribution in [-0.4, -0.2) is 6.61 Å². The lowest BCUT2D eigenvalue weighted by molar-refractivity contribution is 0.255. The minimum absolute atomic E-state index is 0.131. The fourth-order valence-corrected chi connectivity index (χ4v) is 2.08. The van der Waals surface area contributed by atoms with Crippen LogP contribution in [-0.2, 0) is 0 Å². The molecule has 0 bridgehead atoms. The number of benzene rings is 1. The molecule has 0 aliphatic carbocycles. The topological polar surface area (TPSA) is 35.2 Å². The zero-order valence-electron chi connectivity index (χ0n) is 6.89. The summed E-state index contributed by atoms with van der Waals surface area (Å²) in [6, 6.07) is 2.90. The van der Waals surface area contributed by atoms with Crippen LogP contribution in [0, 0.1) is 5.82 Å². The van der Waals surface area contributed by atoms with E-state index in [0.717, 1.165) is 16.5 Å². The predicted octanol–water partition coefficient (Wildman–Crippen LogP) is 2.37. The van der Waals surface area contributed by atoms with Gasteiger partial charge in [-0.05, 0) is 12.1 Å². The second-order valence-electron chi connectivity index (χ2n) is 3.02. The van der Waals surface area contributed by atoms with Crippen LogP contribution in [0.2, 0.25) is 0 Å². The van der Waals surface area contributed by atoms with Crippen LogP contribution >= 0.6 is 15.9 Å². The maximum absolute atomic E-state index is 13.2. The van der Waals surface area contributed by atoms with E-state index < -0.39 is 0 Å². The third-order valence-electron chi connectivity index (χ3n) is 2.14. The molecule has 1 heterocycles. The van der Waals surface area contributed by atoms with E-state index in [2.05, 4.69) is 15.9 Å². The highest BCUT2D eigenvalue weighted by Crippen LogP contribution is 2.37. The van der Waals surface area contributed by atoms with Crippen molar-refractivity contribution in [3.05, 3.63) is 28.0 Å². The van der Waals surface area contributed by atoms with E-state index in [-0.39, 0.29) is 11.9 Å². The molecule has 1 aliphatic heterocycles. The Hall–Kier alpha value is -0.610. The van der Waals surface area contributed by atoms with Crippen molar-refractivity contribution in [1.29, 1.82) is 0 Å². The van der Waals surface area contributed by atoms with E-state index in [4.69, 9.17) is 10.5 Å². The van der Waals surface area contributed by atoms with Gasteiger partial charge in [0, 0.05) is 22.5 Å². The molecule has 0 spiro atoms. The molecule has 1 aromatic rings. The van der Waals surface area contributed by atoms with Gasteiger partial charge in [-0.15, -0.1) is 0 Å². The van der Waals surface area contributed by atoms with E-state index in [9.17, 15) is 4.39 Å². The van der Waals surface area contributed by atoms with Gasteiger partial charge in [0.05, 0.1) is 6.61 Å². The minimum Gasteiger partial charge on any atom is -0.490 e. The number of nitrogens with two attached hydrogens (primary N) is 1. The van der Waals surface area contributed by atoms with Crippen molar-refractivity contribution in [3.63, 3.8) is 0 Å². The van der Waals surface area contributed by atoms with Crippen LogP contribution in [0.1, 0.15) is 18.0 Å². The molecule has 0 fully saturated rings. The number of hydrogen-bond acceptors (Lipinski definition) is 2. The maximum Gasteiger partial charge on any atom is 0.165 e. The molecular formula is C9H9BrFNO. The largest absolute Gasteiger partial charge is 0.490 e. The fraction of sp³-hybridized carbons (Fsp3) is 0.333. The van der Waals surface area contributed by atoms with Crippen LogP contribution in [0.15, 0.2) is 16.6 Å². The quantitative estimate of drug-likeness (QED) is 0.762. The molecule has 70 valence electrons. The Morgan fingerprint density at radius 1 is 1.54 bits per heavy atom. The van der Waals surface area contributed by atoms with Crippen LogP contribution in [0.4, 0.5) is 4.39 Å². The van der Waals surface area contributed by atoms with Gasteiger partial charge in [-0.3, -0.25) is 0 Å². The number of rotatable bonds is 0. The molecule has 4 heteroatoms. The van der Waals surface area contributed by atoms with E-state index in [1.54, 1.807) is 6.07 Å². The highest BCUT2D eigenvalue weighted by Gasteiger charge is 2.23. The Labute approximate surface area is 84.0 Å². The number of hydrogen-bond donors (Lipinski definition) is 1. The second kappa shape index (κ2) is 3.27. The molecule has 1 atom stereocenters. The zero-order valence-corrected chi connectivity index (χ0v) is 8.47. The van der Waals surface area contributed by atoms with Gasteiger partial charge >= 0.3 is 0 Å². The summed E-state index contributed by atoms with van der Waals surface area (Å²) in [5.74, 6) is -0.0403. The summed E-state index contributed by atoms with van der Waals surface area (Å²) in [5, 5.41) is 0. The van der Waals surface area contributed by atoms with Crippen molar-refractivity contribution < 1.29 is 9.13 Å². The molecule has 0 radical (unpaired) electrons. The van der Waals surface area contributed by atoms with Gasteiger partial charge in [-0.1, -0.05) is 15.9 Å². The van der Waals surface area contributed by atoms with Gasteiger partial charge in [-0.25, -0.2) is 4.39 Å². The van der Waals surface area contributed by atoms with Gasteiger partial charge < -0.3 is 10.5 Å². The average molecular weight is 246 g/mol. The molecule has 0 saturated carbocycles. The molecular weight excluding hydrogens is 237 g/mol. The molecule has 1 unspecified atom stereocenters. The van der Waals surface area contributed by atoms with Crippen LogP contribution in [0.3, 0.4) is 0 Å². The van der Waals surface area contributed by atoms with Gasteiger partial charge in [0.15, 0.2) is 11.6 Å². The molecule has 2 nitrogen and oxygen atoms in total. The Morgan fingerprint density at radius 2 is 2.31 bits per heavy atom. The Morgan fingerprint density at radius 3 is 3.00 bits per heavy atom. The molecule has 13 heavy (non-hydrogen) atoms. The summed E-state index contributed by atoms with van der Waals surface area (Å²) >= 11 is 3.33. The molecule has 1 aliphatic rings. The third kappa shape index (κ3) is 1.44. The van der Waals surface area contributed by atoms with Gasteiger partial charge in [0.1, 0.15) is 0 Å². The van der Waals surface area contributed by atoms with E-state index in [1.807, 2.05) is 0 Å². The maximum atomic E-state index is 13.2. The fourth-order valence-electron chi connectivity index (χ4n) is 1.47. The normalized spacial score (nSPS) is 20.7. The van der Waals surface area contributed by atoms with Crippen molar-refractivity contribution in [2.75, 3.05) is 6.61 Å². The Bertz CT molecular complexity index is 343. The van der Waals surface area contributed by atoms with Gasteiger partial charge in [0.25, 0.3) is 0 Å². The van der Waals surface area contributed by atoms with Crippen molar-refractivity contribution >= 4 is 15.9 Å². The SMILES string of the molecule is NC1CCOc2c(F)ccc(Br)c21. The molecule has 1 aromatic carbocycles.